The van der Waals surface area contributed by atoms with E-state index in [4.69, 9.17) is 5.11 Å². The van der Waals surface area contributed by atoms with E-state index in [0.717, 1.165) is 4.90 Å². The SMILES string of the molecule is CN(C)C(=O)Cn1nc(C(F)(F)F)cc1C(=O)O. The van der Waals surface area contributed by atoms with Gasteiger partial charge in [-0.05, 0) is 0 Å². The van der Waals surface area contributed by atoms with Gasteiger partial charge in [0.25, 0.3) is 0 Å². The van der Waals surface area contributed by atoms with Gasteiger partial charge in [-0.2, -0.15) is 18.3 Å². The van der Waals surface area contributed by atoms with Crippen LogP contribution in [0.4, 0.5) is 13.2 Å². The molecule has 0 fully saturated rings. The zero-order valence-corrected chi connectivity index (χ0v) is 9.52. The Balaban J connectivity index is 3.14. The van der Waals surface area contributed by atoms with Gasteiger partial charge >= 0.3 is 12.1 Å². The highest BCUT2D eigenvalue weighted by Crippen LogP contribution is 2.28. The number of aromatic nitrogens is 2. The van der Waals surface area contributed by atoms with Gasteiger partial charge in [0.15, 0.2) is 5.69 Å². The van der Waals surface area contributed by atoms with E-state index >= 15 is 0 Å². The third-order valence-corrected chi connectivity index (χ3v) is 2.07. The van der Waals surface area contributed by atoms with Crippen molar-refractivity contribution >= 4 is 11.9 Å². The molecule has 0 unspecified atom stereocenters. The van der Waals surface area contributed by atoms with E-state index in [1.54, 1.807) is 0 Å². The molecule has 0 spiro atoms. The summed E-state index contributed by atoms with van der Waals surface area (Å²) in [6, 6.07) is 0.394. The summed E-state index contributed by atoms with van der Waals surface area (Å²) in [6.45, 7) is -0.565. The Morgan fingerprint density at radius 1 is 1.44 bits per heavy atom. The van der Waals surface area contributed by atoms with E-state index in [0.29, 0.717) is 10.7 Å². The van der Waals surface area contributed by atoms with Crippen molar-refractivity contribution in [2.24, 2.45) is 0 Å². The highest BCUT2D eigenvalue weighted by molar-refractivity contribution is 5.86. The van der Waals surface area contributed by atoms with Gasteiger partial charge in [0.05, 0.1) is 0 Å². The second-order valence-corrected chi connectivity index (χ2v) is 3.66. The Kier molecular flexibility index (Phi) is 3.63. The Morgan fingerprint density at radius 3 is 2.39 bits per heavy atom. The maximum absolute atomic E-state index is 12.4. The number of halogens is 3. The van der Waals surface area contributed by atoms with Crippen LogP contribution >= 0.6 is 0 Å². The summed E-state index contributed by atoms with van der Waals surface area (Å²) < 4.78 is 37.7. The molecule has 1 aromatic rings. The number of likely N-dealkylation sites (N-methyl/N-ethyl adjacent to an activating group) is 1. The molecule has 1 heterocycles. The quantitative estimate of drug-likeness (QED) is 0.872. The van der Waals surface area contributed by atoms with E-state index in [-0.39, 0.29) is 0 Å². The molecule has 100 valence electrons. The predicted octanol–water partition coefficient (Wildman–Crippen LogP) is 0.688. The summed E-state index contributed by atoms with van der Waals surface area (Å²) in [5.41, 5.74) is -2.02. The van der Waals surface area contributed by atoms with Gasteiger partial charge in [-0.3, -0.25) is 4.79 Å². The molecular formula is C9H10F3N3O3. The number of alkyl halides is 3. The molecule has 6 nitrogen and oxygen atoms in total. The lowest BCUT2D eigenvalue weighted by molar-refractivity contribution is -0.142. The van der Waals surface area contributed by atoms with Gasteiger partial charge in [0.2, 0.25) is 5.91 Å². The normalized spacial score (nSPS) is 11.4. The number of nitrogens with zero attached hydrogens (tertiary/aromatic N) is 3. The van der Waals surface area contributed by atoms with Crippen LogP contribution in [0.3, 0.4) is 0 Å². The second-order valence-electron chi connectivity index (χ2n) is 3.66. The second kappa shape index (κ2) is 4.67. The maximum atomic E-state index is 12.4. The molecule has 0 bridgehead atoms. The molecule has 0 aromatic carbocycles. The molecule has 1 rings (SSSR count). The van der Waals surface area contributed by atoms with E-state index < -0.39 is 36.0 Å². The lowest BCUT2D eigenvalue weighted by atomic mass is 10.3. The van der Waals surface area contributed by atoms with Crippen LogP contribution < -0.4 is 0 Å². The summed E-state index contributed by atoms with van der Waals surface area (Å²) in [6.07, 6.45) is -4.75. The average Bonchev–Trinajstić information content (AvgIpc) is 2.60. The number of amides is 1. The van der Waals surface area contributed by atoms with Crippen molar-refractivity contribution < 1.29 is 27.9 Å². The van der Waals surface area contributed by atoms with Crippen LogP contribution in [0.25, 0.3) is 0 Å². The van der Waals surface area contributed by atoms with E-state index in [1.165, 1.54) is 14.1 Å². The third kappa shape index (κ3) is 2.99. The fourth-order valence-electron chi connectivity index (χ4n) is 1.12. The van der Waals surface area contributed by atoms with Gasteiger partial charge in [-0.15, -0.1) is 0 Å². The summed E-state index contributed by atoms with van der Waals surface area (Å²) in [5.74, 6) is -2.14. The molecule has 0 aliphatic rings. The molecule has 0 aliphatic carbocycles. The first kappa shape index (κ1) is 14.0. The maximum Gasteiger partial charge on any atom is 0.435 e. The van der Waals surface area contributed by atoms with E-state index in [1.807, 2.05) is 0 Å². The fraction of sp³-hybridized carbons (Fsp3) is 0.444. The number of carbonyl (C=O) groups is 2. The van der Waals surface area contributed by atoms with Crippen molar-refractivity contribution in [2.75, 3.05) is 14.1 Å². The van der Waals surface area contributed by atoms with Gasteiger partial charge in [-0.1, -0.05) is 0 Å². The average molecular weight is 265 g/mol. The highest BCUT2D eigenvalue weighted by Gasteiger charge is 2.36. The zero-order valence-electron chi connectivity index (χ0n) is 9.52. The molecule has 0 aliphatic heterocycles. The number of aromatic carboxylic acids is 1. The lowest BCUT2D eigenvalue weighted by Crippen LogP contribution is -2.28. The van der Waals surface area contributed by atoms with Crippen LogP contribution in [0.1, 0.15) is 16.2 Å². The summed E-state index contributed by atoms with van der Waals surface area (Å²) in [5, 5.41) is 11.8. The minimum absolute atomic E-state index is 0.394. The van der Waals surface area contributed by atoms with Crippen LogP contribution in [-0.2, 0) is 17.5 Å². The van der Waals surface area contributed by atoms with Crippen molar-refractivity contribution in [2.45, 2.75) is 12.7 Å². The predicted molar refractivity (Wildman–Crippen MR) is 52.9 cm³/mol. The van der Waals surface area contributed by atoms with Crippen molar-refractivity contribution in [3.63, 3.8) is 0 Å². The minimum atomic E-state index is -4.75. The molecule has 18 heavy (non-hydrogen) atoms. The minimum Gasteiger partial charge on any atom is -0.477 e. The Hall–Kier alpha value is -2.06. The van der Waals surface area contributed by atoms with Gasteiger partial charge in [0, 0.05) is 20.2 Å². The van der Waals surface area contributed by atoms with Gasteiger partial charge in [0.1, 0.15) is 12.2 Å². The summed E-state index contributed by atoms with van der Waals surface area (Å²) >= 11 is 0. The number of rotatable bonds is 3. The monoisotopic (exact) mass is 265 g/mol. The molecule has 0 radical (unpaired) electrons. The third-order valence-electron chi connectivity index (χ3n) is 2.07. The van der Waals surface area contributed by atoms with Gasteiger partial charge < -0.3 is 10.0 Å². The Bertz CT molecular complexity index is 479. The largest absolute Gasteiger partial charge is 0.477 e. The Labute approximate surface area is 99.6 Å². The van der Waals surface area contributed by atoms with Crippen LogP contribution in [0.15, 0.2) is 6.07 Å². The van der Waals surface area contributed by atoms with Crippen LogP contribution in [-0.4, -0.2) is 45.8 Å². The molecule has 1 aromatic heterocycles. The summed E-state index contributed by atoms with van der Waals surface area (Å²) in [7, 11) is 2.80. The van der Waals surface area contributed by atoms with Crippen LogP contribution in [0, 0.1) is 0 Å². The van der Waals surface area contributed by atoms with Crippen LogP contribution in [0.2, 0.25) is 0 Å². The van der Waals surface area contributed by atoms with Crippen molar-refractivity contribution in [3.8, 4) is 0 Å². The standard InChI is InChI=1S/C9H10F3N3O3/c1-14(2)7(16)4-15-5(8(17)18)3-6(13-15)9(10,11)12/h3H,4H2,1-2H3,(H,17,18). The van der Waals surface area contributed by atoms with Gasteiger partial charge in [-0.25, -0.2) is 9.48 Å². The van der Waals surface area contributed by atoms with Crippen LogP contribution in [0.5, 0.6) is 0 Å². The molecule has 0 saturated carbocycles. The number of carbonyl (C=O) groups excluding carboxylic acids is 1. The van der Waals surface area contributed by atoms with Crippen molar-refractivity contribution in [1.29, 1.82) is 0 Å². The highest BCUT2D eigenvalue weighted by atomic mass is 19.4. The molecular weight excluding hydrogens is 255 g/mol. The molecule has 9 heteroatoms. The first-order valence-electron chi connectivity index (χ1n) is 4.71. The number of hydrogen-bond acceptors (Lipinski definition) is 3. The summed E-state index contributed by atoms with van der Waals surface area (Å²) in [4.78, 5) is 23.2. The van der Waals surface area contributed by atoms with E-state index in [9.17, 15) is 22.8 Å². The Morgan fingerprint density at radius 2 is 2.00 bits per heavy atom. The molecule has 1 amide bonds. The molecule has 0 saturated heterocycles. The number of carboxylic acids is 1. The number of carboxylic acid groups (broad SMARTS) is 1. The lowest BCUT2D eigenvalue weighted by Gasteiger charge is -2.10. The fourth-order valence-corrected chi connectivity index (χ4v) is 1.12. The topological polar surface area (TPSA) is 75.4 Å². The molecule has 0 atom stereocenters. The van der Waals surface area contributed by atoms with Crippen molar-refractivity contribution in [1.82, 2.24) is 14.7 Å². The van der Waals surface area contributed by atoms with Crippen molar-refractivity contribution in [3.05, 3.63) is 17.5 Å². The first-order chi connectivity index (χ1) is 8.12. The zero-order chi connectivity index (χ0) is 14.1. The smallest absolute Gasteiger partial charge is 0.435 e. The first-order valence-corrected chi connectivity index (χ1v) is 4.71. The molecule has 1 N–H and O–H groups in total. The van der Waals surface area contributed by atoms with E-state index in [2.05, 4.69) is 5.10 Å². The number of hydrogen-bond donors (Lipinski definition) is 1.